The van der Waals surface area contributed by atoms with Crippen LogP contribution in [0.2, 0.25) is 0 Å². The Morgan fingerprint density at radius 3 is 2.52 bits per heavy atom. The molecule has 3 aromatic rings. The highest BCUT2D eigenvalue weighted by Gasteiger charge is 2.34. The number of thiazole rings is 1. The van der Waals surface area contributed by atoms with Gasteiger partial charge in [0.2, 0.25) is 23.5 Å². The number of methoxy groups -OCH3 is 1. The van der Waals surface area contributed by atoms with Gasteiger partial charge in [0.15, 0.2) is 5.01 Å². The highest BCUT2D eigenvalue weighted by Crippen LogP contribution is 2.25. The predicted octanol–water partition coefficient (Wildman–Crippen LogP) is 3.14. The van der Waals surface area contributed by atoms with Gasteiger partial charge in [-0.1, -0.05) is 38.1 Å². The van der Waals surface area contributed by atoms with Crippen LogP contribution >= 0.6 is 11.3 Å². The van der Waals surface area contributed by atoms with E-state index in [1.807, 2.05) is 50.2 Å². The number of carbonyl (C=O) groups is 4. The number of carbonyl (C=O) groups excluding carboxylic acids is 4. The minimum Gasteiger partial charge on any atom is -0.495 e. The van der Waals surface area contributed by atoms with Crippen LogP contribution < -0.4 is 26.0 Å². The largest absolute Gasteiger partial charge is 0.495 e. The summed E-state index contributed by atoms with van der Waals surface area (Å²) in [6.45, 7) is 4.36. The fourth-order valence-electron chi connectivity index (χ4n) is 4.70. The van der Waals surface area contributed by atoms with Crippen LogP contribution in [0.15, 0.2) is 48.5 Å². The van der Waals surface area contributed by atoms with Gasteiger partial charge < -0.3 is 26.0 Å². The van der Waals surface area contributed by atoms with E-state index < -0.39 is 23.9 Å². The molecule has 2 heterocycles. The number of para-hydroxylation sites is 3. The first-order valence-electron chi connectivity index (χ1n) is 13.4. The Balaban J connectivity index is 1.48. The van der Waals surface area contributed by atoms with Crippen molar-refractivity contribution in [3.63, 3.8) is 0 Å². The number of fused-ring (bicyclic) bond motifs is 1. The molecule has 0 radical (unpaired) electrons. The van der Waals surface area contributed by atoms with Crippen LogP contribution in [0.4, 0.5) is 5.69 Å². The molecule has 1 saturated heterocycles. The van der Waals surface area contributed by atoms with E-state index in [4.69, 9.17) is 4.74 Å². The Morgan fingerprint density at radius 1 is 1.07 bits per heavy atom. The van der Waals surface area contributed by atoms with Crippen molar-refractivity contribution in [3.05, 3.63) is 53.5 Å². The average molecular weight is 566 g/mol. The molecular formula is C29H35N5O5S. The second kappa shape index (κ2) is 13.4. The zero-order valence-corrected chi connectivity index (χ0v) is 23.7. The summed E-state index contributed by atoms with van der Waals surface area (Å²) in [5, 5.41) is 11.8. The first-order chi connectivity index (χ1) is 19.2. The molecule has 3 atom stereocenters. The van der Waals surface area contributed by atoms with E-state index in [9.17, 15) is 19.2 Å². The summed E-state index contributed by atoms with van der Waals surface area (Å²) in [7, 11) is 1.55. The third kappa shape index (κ3) is 7.35. The van der Waals surface area contributed by atoms with Crippen molar-refractivity contribution >= 4 is 50.7 Å². The first-order valence-corrected chi connectivity index (χ1v) is 14.2. The van der Waals surface area contributed by atoms with E-state index in [1.165, 1.54) is 11.3 Å². The lowest BCUT2D eigenvalue weighted by Gasteiger charge is -2.25. The zero-order valence-electron chi connectivity index (χ0n) is 22.9. The van der Waals surface area contributed by atoms with Crippen LogP contribution in [0.25, 0.3) is 10.2 Å². The molecule has 212 valence electrons. The molecule has 0 spiro atoms. The van der Waals surface area contributed by atoms with Crippen LogP contribution in [0, 0.1) is 11.8 Å². The SMILES string of the molecule is COc1ccccc1NCC(=O)N[C@@H](CC(C)C)C(=O)N[C@@H](C[C@@H]1CCNC1=O)C(=O)c1nc2ccccc2s1. The Labute approximate surface area is 237 Å². The van der Waals surface area contributed by atoms with Crippen molar-refractivity contribution < 1.29 is 23.9 Å². The molecule has 1 aromatic heterocycles. The van der Waals surface area contributed by atoms with E-state index in [-0.39, 0.29) is 41.5 Å². The van der Waals surface area contributed by atoms with E-state index in [0.29, 0.717) is 36.3 Å². The van der Waals surface area contributed by atoms with E-state index in [0.717, 1.165) is 4.70 Å². The molecule has 3 amide bonds. The summed E-state index contributed by atoms with van der Waals surface area (Å²) >= 11 is 1.26. The fourth-order valence-corrected chi connectivity index (χ4v) is 5.66. The molecule has 40 heavy (non-hydrogen) atoms. The minimum absolute atomic E-state index is 0.0709. The number of amides is 3. The molecule has 1 aliphatic heterocycles. The van der Waals surface area contributed by atoms with Crippen molar-refractivity contribution in [2.24, 2.45) is 11.8 Å². The number of Topliss-reactive ketones (excluding diaryl/α,β-unsaturated/α-hetero) is 1. The van der Waals surface area contributed by atoms with Gasteiger partial charge in [0, 0.05) is 12.5 Å². The van der Waals surface area contributed by atoms with E-state index in [1.54, 1.807) is 19.2 Å². The van der Waals surface area contributed by atoms with Gasteiger partial charge >= 0.3 is 0 Å². The molecular weight excluding hydrogens is 530 g/mol. The average Bonchev–Trinajstić information content (AvgIpc) is 3.56. The standard InChI is InChI=1S/C29H35N5O5S/c1-17(2)14-22(32-25(35)16-31-19-8-4-6-10-23(19)39-3)28(38)33-21(15-18-12-13-30-27(18)37)26(36)29-34-20-9-5-7-11-24(20)40-29/h4-11,17-18,21-22,31H,12-16H2,1-3H3,(H,30,37)(H,32,35)(H,33,38)/t18-,21-,22-/m0/s1. The molecule has 2 aromatic carbocycles. The number of aromatic nitrogens is 1. The number of benzene rings is 2. The van der Waals surface area contributed by atoms with Gasteiger partial charge in [0.05, 0.1) is 35.6 Å². The van der Waals surface area contributed by atoms with Crippen LogP contribution in [0.3, 0.4) is 0 Å². The molecule has 0 bridgehead atoms. The van der Waals surface area contributed by atoms with Crippen molar-refractivity contribution in [1.29, 1.82) is 0 Å². The number of ether oxygens (including phenoxy) is 1. The third-order valence-electron chi connectivity index (χ3n) is 6.73. The Hall–Kier alpha value is -3.99. The Morgan fingerprint density at radius 2 is 1.82 bits per heavy atom. The van der Waals surface area contributed by atoms with Gasteiger partial charge in [-0.3, -0.25) is 19.2 Å². The summed E-state index contributed by atoms with van der Waals surface area (Å²) in [5.74, 6) is -1.04. The van der Waals surface area contributed by atoms with Gasteiger partial charge in [0.25, 0.3) is 0 Å². The van der Waals surface area contributed by atoms with Crippen molar-refractivity contribution in [3.8, 4) is 5.75 Å². The lowest BCUT2D eigenvalue weighted by Crippen LogP contribution is -2.53. The minimum atomic E-state index is -0.958. The van der Waals surface area contributed by atoms with Gasteiger partial charge in [-0.05, 0) is 49.4 Å². The summed E-state index contributed by atoms with van der Waals surface area (Å²) in [6, 6.07) is 12.8. The number of anilines is 1. The maximum atomic E-state index is 13.6. The maximum Gasteiger partial charge on any atom is 0.243 e. The molecule has 0 aliphatic carbocycles. The van der Waals surface area contributed by atoms with Crippen molar-refractivity contribution in [2.75, 3.05) is 25.5 Å². The van der Waals surface area contributed by atoms with Crippen molar-refractivity contribution in [2.45, 2.75) is 45.2 Å². The Kier molecular flexibility index (Phi) is 9.70. The molecule has 4 N–H and O–H groups in total. The molecule has 1 fully saturated rings. The normalized spacial score (nSPS) is 16.3. The Bertz CT molecular complexity index is 1340. The molecule has 10 nitrogen and oxygen atoms in total. The maximum absolute atomic E-state index is 13.6. The molecule has 0 unspecified atom stereocenters. The summed E-state index contributed by atoms with van der Waals surface area (Å²) in [5.41, 5.74) is 1.35. The molecule has 4 rings (SSSR count). The summed E-state index contributed by atoms with van der Waals surface area (Å²) < 4.78 is 6.17. The number of rotatable bonds is 13. The predicted molar refractivity (Wildman–Crippen MR) is 154 cm³/mol. The topological polar surface area (TPSA) is 139 Å². The summed E-state index contributed by atoms with van der Waals surface area (Å²) in [6.07, 6.45) is 1.11. The lowest BCUT2D eigenvalue weighted by molar-refractivity contribution is -0.129. The number of hydrogen-bond acceptors (Lipinski definition) is 8. The highest BCUT2D eigenvalue weighted by molar-refractivity contribution is 7.20. The van der Waals surface area contributed by atoms with Crippen LogP contribution in [0.1, 0.15) is 42.9 Å². The van der Waals surface area contributed by atoms with Gasteiger partial charge in [-0.25, -0.2) is 4.98 Å². The van der Waals surface area contributed by atoms with Crippen LogP contribution in [-0.2, 0) is 14.4 Å². The van der Waals surface area contributed by atoms with Gasteiger partial charge in [-0.15, -0.1) is 11.3 Å². The number of hydrogen-bond donors (Lipinski definition) is 4. The number of ketones is 1. The lowest BCUT2D eigenvalue weighted by atomic mass is 9.95. The van der Waals surface area contributed by atoms with Crippen molar-refractivity contribution in [1.82, 2.24) is 20.9 Å². The van der Waals surface area contributed by atoms with Gasteiger partial charge in [-0.2, -0.15) is 0 Å². The summed E-state index contributed by atoms with van der Waals surface area (Å²) in [4.78, 5) is 56.8. The number of nitrogens with one attached hydrogen (secondary N) is 4. The van der Waals surface area contributed by atoms with E-state index in [2.05, 4.69) is 26.3 Å². The second-order valence-corrected chi connectivity index (χ2v) is 11.3. The smallest absolute Gasteiger partial charge is 0.243 e. The molecule has 0 saturated carbocycles. The second-order valence-electron chi connectivity index (χ2n) is 10.2. The first kappa shape index (κ1) is 29.0. The fraction of sp³-hybridized carbons (Fsp3) is 0.414. The van der Waals surface area contributed by atoms with Crippen LogP contribution in [0.5, 0.6) is 5.75 Å². The van der Waals surface area contributed by atoms with Gasteiger partial charge in [0.1, 0.15) is 11.8 Å². The highest BCUT2D eigenvalue weighted by atomic mass is 32.1. The zero-order chi connectivity index (χ0) is 28.6. The molecule has 1 aliphatic rings. The monoisotopic (exact) mass is 565 g/mol. The quantitative estimate of drug-likeness (QED) is 0.234. The van der Waals surface area contributed by atoms with Crippen LogP contribution in [-0.4, -0.2) is 60.8 Å². The number of nitrogens with zero attached hydrogens (tertiary/aromatic N) is 1. The third-order valence-corrected chi connectivity index (χ3v) is 7.78. The van der Waals surface area contributed by atoms with E-state index >= 15 is 0 Å². The molecule has 11 heteroatoms.